The highest BCUT2D eigenvalue weighted by molar-refractivity contribution is 6.24. The first kappa shape index (κ1) is 43.0. The van der Waals surface area contributed by atoms with E-state index in [-0.39, 0.29) is 87.4 Å². The van der Waals surface area contributed by atoms with Crippen molar-refractivity contribution in [1.82, 2.24) is 36.1 Å². The van der Waals surface area contributed by atoms with Gasteiger partial charge in [0.1, 0.15) is 18.0 Å². The molecular weight excluding hydrogens is 736 g/mol. The molecule has 1 aromatic heterocycles. The van der Waals surface area contributed by atoms with Gasteiger partial charge >= 0.3 is 6.09 Å². The average molecular weight is 785 g/mol. The molecule has 0 aliphatic carbocycles. The summed E-state index contributed by atoms with van der Waals surface area (Å²) in [6.45, 7) is 4.31. The van der Waals surface area contributed by atoms with Crippen molar-refractivity contribution >= 4 is 47.5 Å². The molecule has 20 heteroatoms. The lowest BCUT2D eigenvalue weighted by Crippen LogP contribution is -2.54. The van der Waals surface area contributed by atoms with Crippen LogP contribution in [0.25, 0.3) is 0 Å². The number of piperidine rings is 1. The molecule has 2 atom stereocenters. The first-order valence-electron chi connectivity index (χ1n) is 18.3. The zero-order valence-corrected chi connectivity index (χ0v) is 31.2. The van der Waals surface area contributed by atoms with E-state index in [9.17, 15) is 33.6 Å². The van der Waals surface area contributed by atoms with Gasteiger partial charge in [-0.3, -0.25) is 39.0 Å². The second-order valence-corrected chi connectivity index (χ2v) is 12.4. The number of nitrogens with one attached hydrogen (secondary N) is 5. The summed E-state index contributed by atoms with van der Waals surface area (Å²) in [5.74, 6) is -2.22. The van der Waals surface area contributed by atoms with E-state index in [1.807, 2.05) is 0 Å². The monoisotopic (exact) mass is 784 g/mol. The number of hydrogen-bond donors (Lipinski definition) is 5. The van der Waals surface area contributed by atoms with Crippen molar-refractivity contribution in [2.75, 3.05) is 71.3 Å². The molecule has 1 saturated heterocycles. The molecule has 0 spiro atoms. The quantitative estimate of drug-likeness (QED) is 0.0515. The molecule has 2 aromatic rings. The lowest BCUT2D eigenvalue weighted by atomic mass is 10.0. The van der Waals surface area contributed by atoms with Crippen molar-refractivity contribution in [3.05, 3.63) is 47.8 Å². The van der Waals surface area contributed by atoms with E-state index in [4.69, 9.17) is 23.7 Å². The van der Waals surface area contributed by atoms with Crippen LogP contribution in [0.15, 0.2) is 36.7 Å². The van der Waals surface area contributed by atoms with Crippen molar-refractivity contribution in [3.63, 3.8) is 0 Å². The minimum atomic E-state index is -1.07. The first-order valence-corrected chi connectivity index (χ1v) is 18.3. The fourth-order valence-electron chi connectivity index (χ4n) is 5.42. The molecule has 56 heavy (non-hydrogen) atoms. The number of benzene rings is 1. The molecule has 1 aromatic carbocycles. The summed E-state index contributed by atoms with van der Waals surface area (Å²) in [5, 5.41) is 13.2. The van der Waals surface area contributed by atoms with Gasteiger partial charge in [-0.1, -0.05) is 6.07 Å². The third-order valence-electron chi connectivity index (χ3n) is 8.14. The lowest BCUT2D eigenvalue weighted by Gasteiger charge is -2.27. The van der Waals surface area contributed by atoms with Crippen LogP contribution < -0.4 is 31.3 Å². The van der Waals surface area contributed by atoms with Gasteiger partial charge < -0.3 is 45.0 Å². The number of rotatable bonds is 25. The number of anilines is 1. The zero-order valence-electron chi connectivity index (χ0n) is 31.2. The number of nitrogens with zero attached hydrogens (tertiary/aromatic N) is 3. The largest absolute Gasteiger partial charge is 0.493 e. The summed E-state index contributed by atoms with van der Waals surface area (Å²) in [7, 11) is 0. The SMILES string of the molecule is CC(NC(=O)OCCCNC(=O)CCOCCOCCOCCC(=O)NCCCOc1cccc2c1C(=O)N(C1CCC(=O)NC1=O)C2=O)Nc1ncccn1. The number of amides is 7. The highest BCUT2D eigenvalue weighted by Crippen LogP contribution is 2.33. The molecule has 304 valence electrons. The summed E-state index contributed by atoms with van der Waals surface area (Å²) < 4.78 is 27.1. The molecule has 5 N–H and O–H groups in total. The topological polar surface area (TPSA) is 255 Å². The van der Waals surface area contributed by atoms with E-state index in [0.717, 1.165) is 4.90 Å². The van der Waals surface area contributed by atoms with E-state index in [1.54, 1.807) is 37.5 Å². The Bertz CT molecular complexity index is 1660. The van der Waals surface area contributed by atoms with E-state index in [0.29, 0.717) is 51.7 Å². The Kier molecular flexibility index (Phi) is 17.9. The van der Waals surface area contributed by atoms with Crippen LogP contribution >= 0.6 is 0 Å². The second-order valence-electron chi connectivity index (χ2n) is 12.4. The van der Waals surface area contributed by atoms with Crippen LogP contribution in [-0.2, 0) is 38.1 Å². The maximum atomic E-state index is 13.1. The Morgan fingerprint density at radius 2 is 1.45 bits per heavy atom. The van der Waals surface area contributed by atoms with E-state index >= 15 is 0 Å². The fraction of sp³-hybridized carbons (Fsp3) is 0.528. The number of carbonyl (C=O) groups excluding carboxylic acids is 7. The first-order chi connectivity index (χ1) is 27.1. The Morgan fingerprint density at radius 3 is 2.09 bits per heavy atom. The summed E-state index contributed by atoms with van der Waals surface area (Å²) in [6.07, 6.45) is 3.40. The summed E-state index contributed by atoms with van der Waals surface area (Å²) >= 11 is 0. The van der Waals surface area contributed by atoms with Gasteiger partial charge in [-0.05, 0) is 44.4 Å². The van der Waals surface area contributed by atoms with E-state index in [1.165, 1.54) is 6.07 Å². The zero-order chi connectivity index (χ0) is 40.1. The van der Waals surface area contributed by atoms with Crippen molar-refractivity contribution < 1.29 is 57.2 Å². The van der Waals surface area contributed by atoms with Crippen molar-refractivity contribution in [3.8, 4) is 5.75 Å². The van der Waals surface area contributed by atoms with Crippen molar-refractivity contribution in [2.24, 2.45) is 0 Å². The normalized spacial score (nSPS) is 15.4. The molecule has 0 radical (unpaired) electrons. The molecule has 20 nitrogen and oxygen atoms in total. The van der Waals surface area contributed by atoms with Crippen molar-refractivity contribution in [1.29, 1.82) is 0 Å². The average Bonchev–Trinajstić information content (AvgIpc) is 3.42. The maximum absolute atomic E-state index is 13.1. The molecule has 3 heterocycles. The standard InChI is InChI=1S/C36H48N8O12/c1-24(41-35-39-12-3-13-40-35)42-36(51)56-17-5-15-38-29(46)11-19-53-21-23-54-22-20-52-18-10-28(45)37-14-4-16-55-27-7-2-6-25-31(27)34(50)44(33(25)49)26-8-9-30(47)43-32(26)48/h2-3,6-7,12-13,24,26H,4-5,8-11,14-23H2,1H3,(H,37,45)(H,38,46)(H,42,51)(H,39,40,41)(H,43,47,48). The van der Waals surface area contributed by atoms with Gasteiger partial charge in [0.25, 0.3) is 11.8 Å². The third-order valence-corrected chi connectivity index (χ3v) is 8.14. The smallest absolute Gasteiger partial charge is 0.408 e. The maximum Gasteiger partial charge on any atom is 0.408 e. The summed E-state index contributed by atoms with van der Waals surface area (Å²) in [6, 6.07) is 5.24. The molecular formula is C36H48N8O12. The lowest BCUT2D eigenvalue weighted by molar-refractivity contribution is -0.136. The van der Waals surface area contributed by atoms with Crippen LogP contribution in [0.4, 0.5) is 10.7 Å². The number of alkyl carbamates (subject to hydrolysis) is 1. The second kappa shape index (κ2) is 23.2. The molecule has 2 unspecified atom stereocenters. The Labute approximate surface area is 323 Å². The van der Waals surface area contributed by atoms with Crippen LogP contribution in [-0.4, -0.2) is 135 Å². The highest BCUT2D eigenvalue weighted by Gasteiger charge is 2.46. The molecule has 0 bridgehead atoms. The fourth-order valence-corrected chi connectivity index (χ4v) is 5.42. The van der Waals surface area contributed by atoms with Gasteiger partial charge in [-0.2, -0.15) is 0 Å². The Balaban J connectivity index is 0.919. The molecule has 2 aliphatic rings. The minimum absolute atomic E-state index is 0.0276. The van der Waals surface area contributed by atoms with Crippen LogP contribution in [0, 0.1) is 0 Å². The summed E-state index contributed by atoms with van der Waals surface area (Å²) in [5.41, 5.74) is 0.197. The van der Waals surface area contributed by atoms with Crippen LogP contribution in [0.2, 0.25) is 0 Å². The van der Waals surface area contributed by atoms with Crippen LogP contribution in [0.5, 0.6) is 5.75 Å². The van der Waals surface area contributed by atoms with Gasteiger partial charge in [0.2, 0.25) is 29.6 Å². The number of ether oxygens (including phenoxy) is 5. The number of carbonyl (C=O) groups is 7. The molecule has 2 aliphatic heterocycles. The van der Waals surface area contributed by atoms with Gasteiger partial charge in [0.15, 0.2) is 0 Å². The predicted octanol–water partition coefficient (Wildman–Crippen LogP) is 0.284. The Morgan fingerprint density at radius 1 is 0.821 bits per heavy atom. The van der Waals surface area contributed by atoms with Gasteiger partial charge in [-0.25, -0.2) is 14.8 Å². The van der Waals surface area contributed by atoms with Gasteiger partial charge in [0.05, 0.1) is 64.0 Å². The predicted molar refractivity (Wildman–Crippen MR) is 195 cm³/mol. The van der Waals surface area contributed by atoms with Crippen LogP contribution in [0.3, 0.4) is 0 Å². The van der Waals surface area contributed by atoms with E-state index in [2.05, 4.69) is 36.6 Å². The Hall–Kier alpha value is -5.73. The molecule has 0 saturated carbocycles. The van der Waals surface area contributed by atoms with Gasteiger partial charge in [0, 0.05) is 44.7 Å². The van der Waals surface area contributed by atoms with Crippen molar-refractivity contribution in [2.45, 2.75) is 57.7 Å². The number of fused-ring (bicyclic) bond motifs is 1. The highest BCUT2D eigenvalue weighted by atomic mass is 16.6. The summed E-state index contributed by atoms with van der Waals surface area (Å²) in [4.78, 5) is 94.8. The number of aromatic nitrogens is 2. The van der Waals surface area contributed by atoms with E-state index < -0.39 is 41.9 Å². The minimum Gasteiger partial charge on any atom is -0.493 e. The number of hydrogen-bond acceptors (Lipinski definition) is 15. The van der Waals surface area contributed by atoms with Crippen LogP contribution in [0.1, 0.15) is 66.2 Å². The number of imide groups is 2. The third kappa shape index (κ3) is 14.2. The van der Waals surface area contributed by atoms with Gasteiger partial charge in [-0.15, -0.1) is 0 Å². The molecule has 7 amide bonds. The molecule has 1 fully saturated rings. The molecule has 4 rings (SSSR count).